The van der Waals surface area contributed by atoms with Gasteiger partial charge < -0.3 is 15.4 Å². The summed E-state index contributed by atoms with van der Waals surface area (Å²) in [6.07, 6.45) is 9.77. The van der Waals surface area contributed by atoms with E-state index in [2.05, 4.69) is 109 Å². The van der Waals surface area contributed by atoms with Gasteiger partial charge in [0.05, 0.1) is 11.0 Å². The highest BCUT2D eigenvalue weighted by Crippen LogP contribution is 2.39. The van der Waals surface area contributed by atoms with Gasteiger partial charge in [0.2, 0.25) is 0 Å². The highest BCUT2D eigenvalue weighted by atomic mass is 15.0. The number of benzene rings is 5. The molecule has 0 amide bonds. The molecule has 0 radical (unpaired) electrons. The third-order valence-electron chi connectivity index (χ3n) is 7.50. The number of rotatable bonds is 8. The van der Waals surface area contributed by atoms with Gasteiger partial charge in [-0.2, -0.15) is 0 Å². The Bertz CT molecular complexity index is 2050. The fraction of sp³-hybridized carbons (Fsp3) is 0. The van der Waals surface area contributed by atoms with Crippen LogP contribution in [0.2, 0.25) is 0 Å². The predicted octanol–water partition coefficient (Wildman–Crippen LogP) is 10.0. The van der Waals surface area contributed by atoms with E-state index in [9.17, 15) is 0 Å². The minimum Gasteiger partial charge on any atom is -0.309 e. The molecule has 0 aliphatic heterocycles. The average molecular weight is 528 g/mol. The van der Waals surface area contributed by atoms with Crippen molar-refractivity contribution in [2.75, 3.05) is 0 Å². The van der Waals surface area contributed by atoms with Crippen LogP contribution < -0.4 is 0 Å². The average Bonchev–Trinajstić information content (AvgIpc) is 3.36. The number of hydrogen-bond acceptors (Lipinski definition) is 2. The summed E-state index contributed by atoms with van der Waals surface area (Å²) in [5.41, 5.74) is 9.36. The smallest absolute Gasteiger partial charge is 0.0619 e. The molecule has 0 unspecified atom stereocenters. The lowest BCUT2D eigenvalue weighted by molar-refractivity contribution is 1.19. The molecular weight excluding hydrogens is 498 g/mol. The van der Waals surface area contributed by atoms with Crippen molar-refractivity contribution in [1.82, 2.24) is 4.57 Å². The molecule has 5 aromatic carbocycles. The van der Waals surface area contributed by atoms with Crippen LogP contribution in [-0.4, -0.2) is 17.0 Å². The Balaban J connectivity index is 1.61. The van der Waals surface area contributed by atoms with E-state index in [-0.39, 0.29) is 0 Å². The van der Waals surface area contributed by atoms with Crippen LogP contribution >= 0.6 is 0 Å². The molecule has 0 fully saturated rings. The van der Waals surface area contributed by atoms with E-state index in [1.54, 1.807) is 12.2 Å². The summed E-state index contributed by atoms with van der Waals surface area (Å²) < 4.78 is 2.36. The van der Waals surface area contributed by atoms with E-state index in [1.807, 2.05) is 24.3 Å². The summed E-state index contributed by atoms with van der Waals surface area (Å²) in [5.74, 6) is 0. The number of fused-ring (bicyclic) bond motifs is 5. The van der Waals surface area contributed by atoms with E-state index in [0.29, 0.717) is 0 Å². The topological polar surface area (TPSA) is 52.6 Å². The zero-order valence-corrected chi connectivity index (χ0v) is 22.6. The van der Waals surface area contributed by atoms with Crippen molar-refractivity contribution < 1.29 is 0 Å². The lowest BCUT2D eigenvalue weighted by Gasteiger charge is -2.12. The Morgan fingerprint density at radius 3 is 2.27 bits per heavy atom. The number of hydrogen-bond donors (Lipinski definition) is 2. The van der Waals surface area contributed by atoms with Crippen LogP contribution in [0.15, 0.2) is 141 Å². The maximum absolute atomic E-state index is 7.85. The first kappa shape index (κ1) is 25.7. The minimum absolute atomic E-state index is 0.827. The number of allylic oxidation sites excluding steroid dienone is 6. The van der Waals surface area contributed by atoms with Crippen molar-refractivity contribution in [2.45, 2.75) is 0 Å². The van der Waals surface area contributed by atoms with Crippen LogP contribution in [0.3, 0.4) is 0 Å². The number of nitrogens with zero attached hydrogens (tertiary/aromatic N) is 1. The molecule has 3 heteroatoms. The Hall–Kier alpha value is -5.54. The van der Waals surface area contributed by atoms with Crippen LogP contribution in [0.4, 0.5) is 0 Å². The van der Waals surface area contributed by atoms with Crippen LogP contribution in [0.1, 0.15) is 11.1 Å². The van der Waals surface area contributed by atoms with Crippen molar-refractivity contribution in [3.63, 3.8) is 0 Å². The summed E-state index contributed by atoms with van der Waals surface area (Å²) in [6.45, 7) is 7.98. The molecule has 0 aliphatic rings. The van der Waals surface area contributed by atoms with Crippen LogP contribution in [0, 0.1) is 10.8 Å². The van der Waals surface area contributed by atoms with Gasteiger partial charge in [0, 0.05) is 34.3 Å². The van der Waals surface area contributed by atoms with E-state index in [1.165, 1.54) is 23.2 Å². The van der Waals surface area contributed by atoms with E-state index in [0.717, 1.165) is 60.9 Å². The van der Waals surface area contributed by atoms with Gasteiger partial charge in [-0.15, -0.1) is 0 Å². The number of para-hydroxylation sites is 1. The summed E-state index contributed by atoms with van der Waals surface area (Å²) >= 11 is 0. The zero-order chi connectivity index (χ0) is 28.3. The quantitative estimate of drug-likeness (QED) is 0.146. The van der Waals surface area contributed by atoms with Gasteiger partial charge in [0.1, 0.15) is 0 Å². The van der Waals surface area contributed by atoms with Gasteiger partial charge in [-0.1, -0.05) is 104 Å². The molecule has 1 heterocycles. The number of aromatic nitrogens is 1. The molecule has 0 spiro atoms. The third kappa shape index (κ3) is 4.64. The van der Waals surface area contributed by atoms with Crippen molar-refractivity contribution in [3.8, 4) is 16.8 Å². The second-order valence-electron chi connectivity index (χ2n) is 9.93. The Morgan fingerprint density at radius 2 is 1.49 bits per heavy atom. The molecular formula is C38H29N3. The van der Waals surface area contributed by atoms with Crippen LogP contribution in [0.25, 0.3) is 60.5 Å². The highest BCUT2D eigenvalue weighted by molar-refractivity contribution is 6.20. The first-order valence-electron chi connectivity index (χ1n) is 13.5. The first-order chi connectivity index (χ1) is 20.1. The molecule has 0 saturated carbocycles. The molecule has 196 valence electrons. The van der Waals surface area contributed by atoms with Crippen LogP contribution in [0.5, 0.6) is 0 Å². The molecule has 41 heavy (non-hydrogen) atoms. The molecule has 6 aromatic rings. The molecule has 0 saturated heterocycles. The first-order valence-corrected chi connectivity index (χ1v) is 13.5. The van der Waals surface area contributed by atoms with Gasteiger partial charge in [-0.3, -0.25) is 0 Å². The summed E-state index contributed by atoms with van der Waals surface area (Å²) in [6, 6.07) is 36.4. The van der Waals surface area contributed by atoms with E-state index < -0.39 is 0 Å². The SMILES string of the molecule is C=C/C=C(\C=N)c1ccc2c(ccc3c4ccc(-c5cccc(C(=C)/C=C\C=N)c5)cc4n(-c4ccccc4)c23)c1. The summed E-state index contributed by atoms with van der Waals surface area (Å²) in [7, 11) is 0. The standard InChI is InChI=1S/C38H29N3/c1-3-9-32(25-40)29-15-18-34-31(23-29)17-20-36-35-19-16-30(28-12-7-11-27(22-28)26(2)10-8-21-39)24-37(35)41(38(34)36)33-13-5-4-6-14-33/h3-25,39-40H,1-2H2/b10-8-,32-9+,39-21?,40-25?. The van der Waals surface area contributed by atoms with E-state index >= 15 is 0 Å². The Kier molecular flexibility index (Phi) is 6.85. The van der Waals surface area contributed by atoms with Crippen molar-refractivity contribution in [3.05, 3.63) is 152 Å². The van der Waals surface area contributed by atoms with Gasteiger partial charge in [0.25, 0.3) is 0 Å². The Morgan fingerprint density at radius 1 is 0.707 bits per heavy atom. The molecule has 0 atom stereocenters. The second-order valence-corrected chi connectivity index (χ2v) is 9.93. The normalized spacial score (nSPS) is 11.9. The van der Waals surface area contributed by atoms with Crippen molar-refractivity contribution in [2.24, 2.45) is 0 Å². The monoisotopic (exact) mass is 527 g/mol. The lowest BCUT2D eigenvalue weighted by Crippen LogP contribution is -1.95. The van der Waals surface area contributed by atoms with Gasteiger partial charge in [-0.05, 0) is 75.2 Å². The van der Waals surface area contributed by atoms with Gasteiger partial charge in [-0.25, -0.2) is 0 Å². The lowest BCUT2D eigenvalue weighted by atomic mass is 9.98. The molecule has 2 N–H and O–H groups in total. The molecule has 6 rings (SSSR count). The summed E-state index contributed by atoms with van der Waals surface area (Å²) in [4.78, 5) is 0. The fourth-order valence-corrected chi connectivity index (χ4v) is 5.55. The minimum atomic E-state index is 0.827. The maximum atomic E-state index is 7.85. The van der Waals surface area contributed by atoms with Crippen molar-refractivity contribution >= 4 is 56.2 Å². The molecule has 3 nitrogen and oxygen atoms in total. The van der Waals surface area contributed by atoms with E-state index in [4.69, 9.17) is 10.8 Å². The van der Waals surface area contributed by atoms with Crippen molar-refractivity contribution in [1.29, 1.82) is 10.8 Å². The van der Waals surface area contributed by atoms with Gasteiger partial charge >= 0.3 is 0 Å². The maximum Gasteiger partial charge on any atom is 0.0619 e. The second kappa shape index (κ2) is 10.9. The third-order valence-corrected chi connectivity index (χ3v) is 7.50. The highest BCUT2D eigenvalue weighted by Gasteiger charge is 2.16. The largest absolute Gasteiger partial charge is 0.309 e. The van der Waals surface area contributed by atoms with Crippen LogP contribution in [-0.2, 0) is 0 Å². The molecule has 0 aliphatic carbocycles. The van der Waals surface area contributed by atoms with Gasteiger partial charge in [0.15, 0.2) is 0 Å². The molecule has 1 aromatic heterocycles. The fourth-order valence-electron chi connectivity index (χ4n) is 5.55. The molecule has 0 bridgehead atoms. The Labute approximate surface area is 239 Å². The predicted molar refractivity (Wildman–Crippen MR) is 178 cm³/mol. The zero-order valence-electron chi connectivity index (χ0n) is 22.6. The number of nitrogens with one attached hydrogen (secondary N) is 2. The summed E-state index contributed by atoms with van der Waals surface area (Å²) in [5, 5.41) is 19.8.